The molecule has 0 unspecified atom stereocenters. The molecule has 1 aromatic heterocycles. The van der Waals surface area contributed by atoms with Gasteiger partial charge in [-0.05, 0) is 38.7 Å². The van der Waals surface area contributed by atoms with Crippen molar-refractivity contribution in [3.05, 3.63) is 53.6 Å². The Labute approximate surface area is 118 Å². The van der Waals surface area contributed by atoms with Gasteiger partial charge in [0.05, 0.1) is 11.9 Å². The Bertz CT molecular complexity index is 593. The smallest absolute Gasteiger partial charge is 0.275 e. The first kappa shape index (κ1) is 14.1. The SMILES string of the molecule is Cc1cnc(C(=O)Nc2cccc(CN(C)C)c2)cn1. The van der Waals surface area contributed by atoms with E-state index in [0.717, 1.165) is 23.5 Å². The standard InChI is InChI=1S/C15H18N4O/c1-11-8-17-14(9-16-11)15(20)18-13-6-4-5-12(7-13)10-19(2)3/h4-9H,10H2,1-3H3,(H,18,20). The minimum absolute atomic E-state index is 0.250. The number of rotatable bonds is 4. The molecule has 0 aliphatic heterocycles. The predicted molar refractivity (Wildman–Crippen MR) is 78.6 cm³/mol. The molecule has 0 fully saturated rings. The van der Waals surface area contributed by atoms with Gasteiger partial charge in [-0.1, -0.05) is 12.1 Å². The molecule has 0 aliphatic carbocycles. The lowest BCUT2D eigenvalue weighted by atomic mass is 10.2. The van der Waals surface area contributed by atoms with E-state index in [0.29, 0.717) is 5.69 Å². The van der Waals surface area contributed by atoms with Crippen LogP contribution in [0.1, 0.15) is 21.7 Å². The second-order valence-electron chi connectivity index (χ2n) is 4.94. The van der Waals surface area contributed by atoms with E-state index in [2.05, 4.69) is 20.2 Å². The van der Waals surface area contributed by atoms with Crippen LogP contribution in [0.25, 0.3) is 0 Å². The number of aromatic nitrogens is 2. The first-order valence-corrected chi connectivity index (χ1v) is 6.38. The van der Waals surface area contributed by atoms with Crippen LogP contribution in [0.2, 0.25) is 0 Å². The molecule has 0 bridgehead atoms. The van der Waals surface area contributed by atoms with Crippen LogP contribution in [-0.2, 0) is 6.54 Å². The summed E-state index contributed by atoms with van der Waals surface area (Å²) in [5.74, 6) is -0.250. The van der Waals surface area contributed by atoms with Crippen molar-refractivity contribution in [2.75, 3.05) is 19.4 Å². The van der Waals surface area contributed by atoms with Gasteiger partial charge in [0.2, 0.25) is 0 Å². The molecule has 1 N–H and O–H groups in total. The van der Waals surface area contributed by atoms with Gasteiger partial charge in [-0.15, -0.1) is 0 Å². The molecule has 2 aromatic rings. The lowest BCUT2D eigenvalue weighted by Gasteiger charge is -2.11. The highest BCUT2D eigenvalue weighted by atomic mass is 16.1. The van der Waals surface area contributed by atoms with Gasteiger partial charge in [-0.3, -0.25) is 9.78 Å². The van der Waals surface area contributed by atoms with E-state index in [-0.39, 0.29) is 5.91 Å². The number of aryl methyl sites for hydroxylation is 1. The number of amides is 1. The summed E-state index contributed by atoms with van der Waals surface area (Å²) >= 11 is 0. The molecule has 1 heterocycles. The maximum absolute atomic E-state index is 12.0. The van der Waals surface area contributed by atoms with Crippen LogP contribution >= 0.6 is 0 Å². The number of nitrogens with zero attached hydrogens (tertiary/aromatic N) is 3. The van der Waals surface area contributed by atoms with Crippen molar-refractivity contribution in [1.29, 1.82) is 0 Å². The monoisotopic (exact) mass is 270 g/mol. The molecule has 2 rings (SSSR count). The number of nitrogens with one attached hydrogen (secondary N) is 1. The van der Waals surface area contributed by atoms with Gasteiger partial charge in [0.25, 0.3) is 5.91 Å². The van der Waals surface area contributed by atoms with Crippen LogP contribution in [0.5, 0.6) is 0 Å². The molecular formula is C15H18N4O. The molecule has 1 aromatic carbocycles. The second-order valence-corrected chi connectivity index (χ2v) is 4.94. The summed E-state index contributed by atoms with van der Waals surface area (Å²) in [6, 6.07) is 7.77. The van der Waals surface area contributed by atoms with Crippen LogP contribution < -0.4 is 5.32 Å². The van der Waals surface area contributed by atoms with E-state index in [1.807, 2.05) is 45.3 Å². The maximum Gasteiger partial charge on any atom is 0.275 e. The van der Waals surface area contributed by atoms with Gasteiger partial charge >= 0.3 is 0 Å². The highest BCUT2D eigenvalue weighted by Crippen LogP contribution is 2.12. The second kappa shape index (κ2) is 6.25. The van der Waals surface area contributed by atoms with Crippen molar-refractivity contribution >= 4 is 11.6 Å². The summed E-state index contributed by atoms with van der Waals surface area (Å²) in [6.07, 6.45) is 3.06. The number of anilines is 1. The van der Waals surface area contributed by atoms with Crippen LogP contribution in [-0.4, -0.2) is 34.9 Å². The zero-order valence-corrected chi connectivity index (χ0v) is 11.9. The minimum atomic E-state index is -0.250. The van der Waals surface area contributed by atoms with Crippen molar-refractivity contribution in [3.63, 3.8) is 0 Å². The van der Waals surface area contributed by atoms with E-state index in [9.17, 15) is 4.79 Å². The fourth-order valence-electron chi connectivity index (χ4n) is 1.82. The third kappa shape index (κ3) is 3.86. The van der Waals surface area contributed by atoms with Gasteiger partial charge < -0.3 is 10.2 Å². The first-order chi connectivity index (χ1) is 9.54. The highest BCUT2D eigenvalue weighted by Gasteiger charge is 2.08. The van der Waals surface area contributed by atoms with Gasteiger partial charge in [-0.2, -0.15) is 0 Å². The average molecular weight is 270 g/mol. The van der Waals surface area contributed by atoms with E-state index in [4.69, 9.17) is 0 Å². The molecule has 0 saturated carbocycles. The summed E-state index contributed by atoms with van der Waals surface area (Å²) in [7, 11) is 4.01. The lowest BCUT2D eigenvalue weighted by Crippen LogP contribution is -2.15. The molecule has 1 amide bonds. The summed E-state index contributed by atoms with van der Waals surface area (Å²) in [6.45, 7) is 2.66. The Balaban J connectivity index is 2.09. The molecule has 20 heavy (non-hydrogen) atoms. The Morgan fingerprint density at radius 1 is 1.25 bits per heavy atom. The molecule has 0 aliphatic rings. The number of carbonyl (C=O) groups excluding carboxylic acids is 1. The molecule has 5 heteroatoms. The normalized spacial score (nSPS) is 10.6. The van der Waals surface area contributed by atoms with Crippen molar-refractivity contribution in [2.24, 2.45) is 0 Å². The van der Waals surface area contributed by atoms with Crippen LogP contribution in [0, 0.1) is 6.92 Å². The zero-order valence-electron chi connectivity index (χ0n) is 11.9. The third-order valence-corrected chi connectivity index (χ3v) is 2.70. The maximum atomic E-state index is 12.0. The summed E-state index contributed by atoms with van der Waals surface area (Å²) in [5.41, 5.74) is 3.00. The van der Waals surface area contributed by atoms with E-state index >= 15 is 0 Å². The van der Waals surface area contributed by atoms with Gasteiger partial charge in [0.15, 0.2) is 0 Å². The fraction of sp³-hybridized carbons (Fsp3) is 0.267. The number of hydrogen-bond donors (Lipinski definition) is 1. The fourth-order valence-corrected chi connectivity index (χ4v) is 1.82. The largest absolute Gasteiger partial charge is 0.321 e. The molecule has 5 nitrogen and oxygen atoms in total. The average Bonchev–Trinajstić information content (AvgIpc) is 2.39. The predicted octanol–water partition coefficient (Wildman–Crippen LogP) is 2.10. The van der Waals surface area contributed by atoms with E-state index < -0.39 is 0 Å². The van der Waals surface area contributed by atoms with Gasteiger partial charge in [-0.25, -0.2) is 4.98 Å². The minimum Gasteiger partial charge on any atom is -0.321 e. The van der Waals surface area contributed by atoms with Crippen molar-refractivity contribution in [1.82, 2.24) is 14.9 Å². The highest BCUT2D eigenvalue weighted by molar-refractivity contribution is 6.02. The number of hydrogen-bond acceptors (Lipinski definition) is 4. The molecule has 0 atom stereocenters. The summed E-state index contributed by atoms with van der Waals surface area (Å²) in [4.78, 5) is 22.2. The van der Waals surface area contributed by atoms with Gasteiger partial charge in [0, 0.05) is 18.4 Å². The molecule has 104 valence electrons. The molecule has 0 radical (unpaired) electrons. The molecule has 0 saturated heterocycles. The molecule has 0 spiro atoms. The van der Waals surface area contributed by atoms with Crippen LogP contribution in [0.15, 0.2) is 36.7 Å². The first-order valence-electron chi connectivity index (χ1n) is 6.38. The van der Waals surface area contributed by atoms with Crippen LogP contribution in [0.4, 0.5) is 5.69 Å². The quantitative estimate of drug-likeness (QED) is 0.924. The van der Waals surface area contributed by atoms with Gasteiger partial charge in [0.1, 0.15) is 5.69 Å². The Kier molecular flexibility index (Phi) is 4.42. The lowest BCUT2D eigenvalue weighted by molar-refractivity contribution is 0.102. The third-order valence-electron chi connectivity index (χ3n) is 2.70. The topological polar surface area (TPSA) is 58.1 Å². The molecular weight excluding hydrogens is 252 g/mol. The van der Waals surface area contributed by atoms with Crippen molar-refractivity contribution < 1.29 is 4.79 Å². The number of benzene rings is 1. The van der Waals surface area contributed by atoms with Crippen molar-refractivity contribution in [3.8, 4) is 0 Å². The van der Waals surface area contributed by atoms with Crippen LogP contribution in [0.3, 0.4) is 0 Å². The Hall–Kier alpha value is -2.27. The van der Waals surface area contributed by atoms with Crippen molar-refractivity contribution in [2.45, 2.75) is 13.5 Å². The summed E-state index contributed by atoms with van der Waals surface area (Å²) in [5, 5.41) is 2.83. The Morgan fingerprint density at radius 3 is 2.70 bits per heavy atom. The Morgan fingerprint density at radius 2 is 2.05 bits per heavy atom. The summed E-state index contributed by atoms with van der Waals surface area (Å²) < 4.78 is 0. The zero-order chi connectivity index (χ0) is 14.5. The van der Waals surface area contributed by atoms with E-state index in [1.165, 1.54) is 6.20 Å². The number of carbonyl (C=O) groups is 1. The van der Waals surface area contributed by atoms with E-state index in [1.54, 1.807) is 6.20 Å².